The van der Waals surface area contributed by atoms with E-state index in [9.17, 15) is 9.59 Å². The summed E-state index contributed by atoms with van der Waals surface area (Å²) in [5.74, 6) is 0.161. The summed E-state index contributed by atoms with van der Waals surface area (Å²) in [4.78, 5) is 28.1. The van der Waals surface area contributed by atoms with Gasteiger partial charge in [0.05, 0.1) is 5.92 Å². The molecule has 1 N–H and O–H groups in total. The van der Waals surface area contributed by atoms with Gasteiger partial charge in [-0.05, 0) is 32.5 Å². The number of rotatable bonds is 7. The summed E-state index contributed by atoms with van der Waals surface area (Å²) in [6.07, 6.45) is 1.97. The fraction of sp³-hybridized carbons (Fsp3) is 0.556. The van der Waals surface area contributed by atoms with Crippen LogP contribution in [0.2, 0.25) is 0 Å². The molecule has 0 radical (unpaired) electrons. The van der Waals surface area contributed by atoms with Gasteiger partial charge in [-0.2, -0.15) is 0 Å². The number of nitrogens with zero attached hydrogens (tertiary/aromatic N) is 2. The maximum Gasteiger partial charge on any atom is 0.224 e. The molecule has 0 spiro atoms. The fourth-order valence-electron chi connectivity index (χ4n) is 2.78. The second-order valence-electron chi connectivity index (χ2n) is 6.41. The van der Waals surface area contributed by atoms with Crippen molar-refractivity contribution in [3.05, 3.63) is 35.9 Å². The van der Waals surface area contributed by atoms with Crippen LogP contribution in [0.4, 0.5) is 0 Å². The highest BCUT2D eigenvalue weighted by Gasteiger charge is 2.29. The molecule has 2 rings (SSSR count). The predicted molar refractivity (Wildman–Crippen MR) is 91.0 cm³/mol. The molecule has 1 unspecified atom stereocenters. The highest BCUT2D eigenvalue weighted by atomic mass is 16.2. The average molecular weight is 317 g/mol. The van der Waals surface area contributed by atoms with Gasteiger partial charge in [0, 0.05) is 32.6 Å². The topological polar surface area (TPSA) is 52.6 Å². The van der Waals surface area contributed by atoms with Crippen LogP contribution in [-0.4, -0.2) is 61.9 Å². The Balaban J connectivity index is 1.76. The zero-order valence-electron chi connectivity index (χ0n) is 14.1. The number of amides is 2. The van der Waals surface area contributed by atoms with Gasteiger partial charge in [-0.15, -0.1) is 0 Å². The van der Waals surface area contributed by atoms with E-state index in [1.54, 1.807) is 0 Å². The molecule has 5 heteroatoms. The van der Waals surface area contributed by atoms with Crippen LogP contribution in [0.5, 0.6) is 0 Å². The summed E-state index contributed by atoms with van der Waals surface area (Å²) < 4.78 is 0. The molecule has 1 heterocycles. The third kappa shape index (κ3) is 5.67. The van der Waals surface area contributed by atoms with Crippen LogP contribution in [0.25, 0.3) is 0 Å². The van der Waals surface area contributed by atoms with E-state index in [1.807, 2.05) is 37.2 Å². The first-order valence-corrected chi connectivity index (χ1v) is 8.30. The fourth-order valence-corrected chi connectivity index (χ4v) is 2.78. The summed E-state index contributed by atoms with van der Waals surface area (Å²) in [5, 5.41) is 3.01. The minimum atomic E-state index is -0.0781. The van der Waals surface area contributed by atoms with E-state index in [0.29, 0.717) is 32.5 Å². The van der Waals surface area contributed by atoms with Gasteiger partial charge in [0.15, 0.2) is 0 Å². The number of carbonyl (C=O) groups is 2. The number of nitrogens with one attached hydrogen (secondary N) is 1. The van der Waals surface area contributed by atoms with Gasteiger partial charge < -0.3 is 15.1 Å². The molecule has 1 aliphatic rings. The molecule has 2 amide bonds. The maximum atomic E-state index is 12.3. The molecular weight excluding hydrogens is 290 g/mol. The van der Waals surface area contributed by atoms with Crippen molar-refractivity contribution in [1.82, 2.24) is 15.1 Å². The standard InChI is InChI=1S/C18H27N3O2/c1-20(2)12-13-21-14-16(8-9-17(21)22)18(23)19-11-10-15-6-4-3-5-7-15/h3-7,16H,8-14H2,1-2H3,(H,19,23). The Bertz CT molecular complexity index is 516. The van der Waals surface area contributed by atoms with Crippen LogP contribution < -0.4 is 5.32 Å². The monoisotopic (exact) mass is 317 g/mol. The number of likely N-dealkylation sites (tertiary alicyclic amines) is 1. The SMILES string of the molecule is CN(C)CCN1CC(C(=O)NCCc2ccccc2)CCC1=O. The molecule has 0 saturated carbocycles. The summed E-state index contributed by atoms with van der Waals surface area (Å²) in [7, 11) is 3.98. The number of benzene rings is 1. The Kier molecular flexibility index (Phi) is 6.59. The number of carbonyl (C=O) groups excluding carboxylic acids is 2. The Morgan fingerprint density at radius 1 is 1.30 bits per heavy atom. The average Bonchev–Trinajstić information content (AvgIpc) is 2.55. The van der Waals surface area contributed by atoms with Crippen molar-refractivity contribution in [2.24, 2.45) is 5.92 Å². The van der Waals surface area contributed by atoms with Crippen molar-refractivity contribution in [3.8, 4) is 0 Å². The van der Waals surface area contributed by atoms with Crippen LogP contribution in [0, 0.1) is 5.92 Å². The van der Waals surface area contributed by atoms with Crippen molar-refractivity contribution >= 4 is 11.8 Å². The van der Waals surface area contributed by atoms with E-state index in [0.717, 1.165) is 13.0 Å². The van der Waals surface area contributed by atoms with E-state index in [2.05, 4.69) is 22.3 Å². The van der Waals surface area contributed by atoms with Crippen molar-refractivity contribution < 1.29 is 9.59 Å². The minimum Gasteiger partial charge on any atom is -0.355 e. The van der Waals surface area contributed by atoms with Crippen molar-refractivity contribution in [2.45, 2.75) is 19.3 Å². The number of likely N-dealkylation sites (N-methyl/N-ethyl adjacent to an activating group) is 1. The minimum absolute atomic E-state index is 0.0725. The first-order chi connectivity index (χ1) is 11.1. The van der Waals surface area contributed by atoms with E-state index in [-0.39, 0.29) is 17.7 Å². The first-order valence-electron chi connectivity index (χ1n) is 8.30. The third-order valence-corrected chi connectivity index (χ3v) is 4.24. The van der Waals surface area contributed by atoms with Gasteiger partial charge in [-0.3, -0.25) is 9.59 Å². The van der Waals surface area contributed by atoms with E-state index in [4.69, 9.17) is 0 Å². The summed E-state index contributed by atoms with van der Waals surface area (Å²) in [6, 6.07) is 10.1. The lowest BCUT2D eigenvalue weighted by Gasteiger charge is -2.32. The molecule has 1 fully saturated rings. The second kappa shape index (κ2) is 8.67. The van der Waals surface area contributed by atoms with Gasteiger partial charge >= 0.3 is 0 Å². The van der Waals surface area contributed by atoms with Crippen LogP contribution in [0.1, 0.15) is 18.4 Å². The quantitative estimate of drug-likeness (QED) is 0.821. The molecule has 0 aromatic heterocycles. The molecule has 5 nitrogen and oxygen atoms in total. The lowest BCUT2D eigenvalue weighted by molar-refractivity contribution is -0.138. The zero-order valence-corrected chi connectivity index (χ0v) is 14.1. The normalized spacial score (nSPS) is 18.3. The van der Waals surface area contributed by atoms with Gasteiger partial charge in [0.2, 0.25) is 11.8 Å². The third-order valence-electron chi connectivity index (χ3n) is 4.24. The van der Waals surface area contributed by atoms with Crippen LogP contribution >= 0.6 is 0 Å². The van der Waals surface area contributed by atoms with Crippen LogP contribution in [-0.2, 0) is 16.0 Å². The lowest BCUT2D eigenvalue weighted by Crippen LogP contribution is -2.47. The van der Waals surface area contributed by atoms with Gasteiger partial charge in [0.25, 0.3) is 0 Å². The number of piperidine rings is 1. The predicted octanol–water partition coefficient (Wildman–Crippen LogP) is 1.15. The van der Waals surface area contributed by atoms with Crippen LogP contribution in [0.3, 0.4) is 0 Å². The summed E-state index contributed by atoms with van der Waals surface area (Å²) in [6.45, 7) is 2.71. The summed E-state index contributed by atoms with van der Waals surface area (Å²) >= 11 is 0. The molecule has 0 aliphatic carbocycles. The Hall–Kier alpha value is -1.88. The van der Waals surface area contributed by atoms with E-state index in [1.165, 1.54) is 5.56 Å². The Labute approximate surface area is 138 Å². The van der Waals surface area contributed by atoms with Gasteiger partial charge in [0.1, 0.15) is 0 Å². The molecule has 0 bridgehead atoms. The van der Waals surface area contributed by atoms with E-state index >= 15 is 0 Å². The number of hydrogen-bond acceptors (Lipinski definition) is 3. The highest BCUT2D eigenvalue weighted by Crippen LogP contribution is 2.17. The van der Waals surface area contributed by atoms with E-state index < -0.39 is 0 Å². The molecule has 1 aliphatic heterocycles. The largest absolute Gasteiger partial charge is 0.355 e. The first kappa shape index (κ1) is 17.5. The zero-order chi connectivity index (χ0) is 16.7. The smallest absolute Gasteiger partial charge is 0.224 e. The van der Waals surface area contributed by atoms with Crippen molar-refractivity contribution in [2.75, 3.05) is 40.3 Å². The highest BCUT2D eigenvalue weighted by molar-refractivity contribution is 5.83. The maximum absolute atomic E-state index is 12.3. The second-order valence-corrected chi connectivity index (χ2v) is 6.41. The summed E-state index contributed by atoms with van der Waals surface area (Å²) in [5.41, 5.74) is 1.22. The molecule has 23 heavy (non-hydrogen) atoms. The molecule has 1 aromatic carbocycles. The van der Waals surface area contributed by atoms with Gasteiger partial charge in [-0.1, -0.05) is 30.3 Å². The molecular formula is C18H27N3O2. The van der Waals surface area contributed by atoms with Crippen molar-refractivity contribution in [1.29, 1.82) is 0 Å². The van der Waals surface area contributed by atoms with Crippen LogP contribution in [0.15, 0.2) is 30.3 Å². The van der Waals surface area contributed by atoms with Crippen molar-refractivity contribution in [3.63, 3.8) is 0 Å². The molecule has 1 atom stereocenters. The molecule has 1 saturated heterocycles. The molecule has 126 valence electrons. The van der Waals surface area contributed by atoms with Gasteiger partial charge in [-0.25, -0.2) is 0 Å². The molecule has 1 aromatic rings. The number of hydrogen-bond donors (Lipinski definition) is 1. The Morgan fingerprint density at radius 3 is 2.74 bits per heavy atom. The Morgan fingerprint density at radius 2 is 2.04 bits per heavy atom. The lowest BCUT2D eigenvalue weighted by atomic mass is 9.96.